The third-order valence-corrected chi connectivity index (χ3v) is 4.76. The molecule has 0 spiro atoms. The molecule has 1 saturated heterocycles. The number of aromatic nitrogens is 2. The number of hydrogen-bond acceptors (Lipinski definition) is 7. The van der Waals surface area contributed by atoms with Crippen molar-refractivity contribution in [1.29, 1.82) is 0 Å². The fourth-order valence-electron chi connectivity index (χ4n) is 2.63. The summed E-state index contributed by atoms with van der Waals surface area (Å²) < 4.78 is 4.87. The number of nitrogens with one attached hydrogen (secondary N) is 2. The van der Waals surface area contributed by atoms with Crippen LogP contribution in [0.2, 0.25) is 0 Å². The van der Waals surface area contributed by atoms with Gasteiger partial charge in [0.15, 0.2) is 5.82 Å². The van der Waals surface area contributed by atoms with Gasteiger partial charge in [-0.05, 0) is 31.9 Å². The topological polar surface area (TPSA) is 100 Å². The van der Waals surface area contributed by atoms with Gasteiger partial charge in [0.05, 0.1) is 23.4 Å². The highest BCUT2D eigenvalue weighted by molar-refractivity contribution is 8.00. The molecule has 2 aromatic rings. The predicted octanol–water partition coefficient (Wildman–Crippen LogP) is 2.29. The summed E-state index contributed by atoms with van der Waals surface area (Å²) in [6.45, 7) is 3.81. The van der Waals surface area contributed by atoms with Crippen LogP contribution in [0.4, 0.5) is 17.3 Å². The maximum atomic E-state index is 12.0. The molecular formula is C17H21N5O3S. The number of hydrogen-bond donors (Lipinski definition) is 2. The first-order chi connectivity index (χ1) is 12.6. The fourth-order valence-corrected chi connectivity index (χ4v) is 3.25. The smallest absolute Gasteiger partial charge is 0.235 e. The van der Waals surface area contributed by atoms with Crippen LogP contribution in [0.25, 0.3) is 0 Å². The second-order valence-electron chi connectivity index (χ2n) is 6.01. The third kappa shape index (κ3) is 5.22. The SMILES string of the molecule is Cc1cc(NC(=O)CSCC(=O)Nc2ccc(N3CCCC3)nc2)no1. The normalized spacial score (nSPS) is 13.7. The van der Waals surface area contributed by atoms with Crippen LogP contribution in [-0.4, -0.2) is 46.6 Å². The Bertz CT molecular complexity index is 756. The molecule has 0 atom stereocenters. The van der Waals surface area contributed by atoms with Crippen molar-refractivity contribution in [2.45, 2.75) is 19.8 Å². The zero-order chi connectivity index (χ0) is 18.4. The van der Waals surface area contributed by atoms with Gasteiger partial charge in [-0.1, -0.05) is 5.16 Å². The Morgan fingerprint density at radius 1 is 1.19 bits per heavy atom. The highest BCUT2D eigenvalue weighted by Gasteiger charge is 2.13. The molecule has 0 unspecified atom stereocenters. The molecule has 3 heterocycles. The zero-order valence-electron chi connectivity index (χ0n) is 14.5. The van der Waals surface area contributed by atoms with Gasteiger partial charge in [0.1, 0.15) is 11.6 Å². The largest absolute Gasteiger partial charge is 0.360 e. The van der Waals surface area contributed by atoms with Gasteiger partial charge < -0.3 is 20.1 Å². The quantitative estimate of drug-likeness (QED) is 0.766. The second-order valence-corrected chi connectivity index (χ2v) is 7.00. The summed E-state index contributed by atoms with van der Waals surface area (Å²) in [6.07, 6.45) is 4.05. The van der Waals surface area contributed by atoms with Gasteiger partial charge in [0, 0.05) is 19.2 Å². The van der Waals surface area contributed by atoms with Crippen LogP contribution in [0, 0.1) is 6.92 Å². The number of aryl methyl sites for hydroxylation is 1. The zero-order valence-corrected chi connectivity index (χ0v) is 15.3. The molecule has 3 rings (SSSR count). The molecular weight excluding hydrogens is 354 g/mol. The molecule has 2 N–H and O–H groups in total. The summed E-state index contributed by atoms with van der Waals surface area (Å²) in [5.74, 6) is 1.88. The molecule has 0 bridgehead atoms. The van der Waals surface area contributed by atoms with E-state index in [0.29, 0.717) is 17.3 Å². The van der Waals surface area contributed by atoms with Gasteiger partial charge in [-0.15, -0.1) is 11.8 Å². The molecule has 138 valence electrons. The van der Waals surface area contributed by atoms with Crippen LogP contribution in [0.3, 0.4) is 0 Å². The molecule has 26 heavy (non-hydrogen) atoms. The van der Waals surface area contributed by atoms with Crippen molar-refractivity contribution in [3.63, 3.8) is 0 Å². The minimum Gasteiger partial charge on any atom is -0.360 e. The number of nitrogens with zero attached hydrogens (tertiary/aromatic N) is 3. The second kappa shape index (κ2) is 8.70. The number of rotatable bonds is 7. The van der Waals surface area contributed by atoms with Crippen molar-refractivity contribution < 1.29 is 14.1 Å². The van der Waals surface area contributed by atoms with E-state index in [1.807, 2.05) is 12.1 Å². The van der Waals surface area contributed by atoms with E-state index in [1.54, 1.807) is 19.2 Å². The van der Waals surface area contributed by atoms with Crippen LogP contribution in [0.5, 0.6) is 0 Å². The predicted molar refractivity (Wildman–Crippen MR) is 102 cm³/mol. The Morgan fingerprint density at radius 3 is 2.54 bits per heavy atom. The number of thioether (sulfide) groups is 1. The molecule has 0 saturated carbocycles. The third-order valence-electron chi connectivity index (χ3n) is 3.82. The Morgan fingerprint density at radius 2 is 1.92 bits per heavy atom. The standard InChI is InChI=1S/C17H21N5O3S/c1-12-8-14(21-25-12)20-17(24)11-26-10-16(23)19-13-4-5-15(18-9-13)22-6-2-3-7-22/h4-5,8-9H,2-3,6-7,10-11H2,1H3,(H,19,23)(H,20,21,24). The van der Waals surface area contributed by atoms with Gasteiger partial charge >= 0.3 is 0 Å². The molecule has 1 aliphatic rings. The lowest BCUT2D eigenvalue weighted by molar-refractivity contribution is -0.114. The number of carbonyl (C=O) groups excluding carboxylic acids is 2. The van der Waals surface area contributed by atoms with E-state index < -0.39 is 0 Å². The van der Waals surface area contributed by atoms with Gasteiger partial charge in [-0.3, -0.25) is 9.59 Å². The minimum atomic E-state index is -0.229. The first-order valence-electron chi connectivity index (χ1n) is 8.42. The summed E-state index contributed by atoms with van der Waals surface area (Å²) in [6, 6.07) is 5.40. The summed E-state index contributed by atoms with van der Waals surface area (Å²) in [4.78, 5) is 30.4. The highest BCUT2D eigenvalue weighted by Crippen LogP contribution is 2.19. The van der Waals surface area contributed by atoms with E-state index >= 15 is 0 Å². The molecule has 2 aromatic heterocycles. The van der Waals surface area contributed by atoms with Crippen molar-refractivity contribution in [3.8, 4) is 0 Å². The number of amides is 2. The van der Waals surface area contributed by atoms with Gasteiger partial charge in [-0.2, -0.15) is 0 Å². The summed E-state index contributed by atoms with van der Waals surface area (Å²) in [5, 5.41) is 9.08. The van der Waals surface area contributed by atoms with Crippen molar-refractivity contribution in [2.75, 3.05) is 40.1 Å². The average Bonchev–Trinajstić information content (AvgIpc) is 3.27. The van der Waals surface area contributed by atoms with Crippen molar-refractivity contribution in [2.24, 2.45) is 0 Å². The van der Waals surface area contributed by atoms with E-state index in [4.69, 9.17) is 4.52 Å². The molecule has 1 aliphatic heterocycles. The molecule has 0 radical (unpaired) electrons. The van der Waals surface area contributed by atoms with Gasteiger partial charge in [-0.25, -0.2) is 4.98 Å². The van der Waals surface area contributed by atoms with E-state index in [-0.39, 0.29) is 23.3 Å². The lowest BCUT2D eigenvalue weighted by atomic mass is 10.4. The summed E-state index contributed by atoms with van der Waals surface area (Å²) in [5.41, 5.74) is 0.654. The maximum Gasteiger partial charge on any atom is 0.235 e. The van der Waals surface area contributed by atoms with Crippen molar-refractivity contribution in [3.05, 3.63) is 30.2 Å². The molecule has 2 amide bonds. The number of anilines is 3. The Kier molecular flexibility index (Phi) is 6.11. The first-order valence-corrected chi connectivity index (χ1v) is 9.57. The fraction of sp³-hybridized carbons (Fsp3) is 0.412. The van der Waals surface area contributed by atoms with Crippen LogP contribution in [0.15, 0.2) is 28.9 Å². The van der Waals surface area contributed by atoms with Crippen LogP contribution in [0.1, 0.15) is 18.6 Å². The van der Waals surface area contributed by atoms with E-state index in [2.05, 4.69) is 25.7 Å². The maximum absolute atomic E-state index is 12.0. The first kappa shape index (κ1) is 18.2. The van der Waals surface area contributed by atoms with Crippen LogP contribution >= 0.6 is 11.8 Å². The monoisotopic (exact) mass is 375 g/mol. The molecule has 0 aliphatic carbocycles. The van der Waals surface area contributed by atoms with Crippen LogP contribution in [-0.2, 0) is 9.59 Å². The van der Waals surface area contributed by atoms with E-state index in [1.165, 1.54) is 24.6 Å². The Hall–Kier alpha value is -2.55. The summed E-state index contributed by atoms with van der Waals surface area (Å²) >= 11 is 1.23. The van der Waals surface area contributed by atoms with Crippen molar-refractivity contribution >= 4 is 40.9 Å². The molecule has 1 fully saturated rings. The Labute approximate surface area is 155 Å². The molecule has 0 aromatic carbocycles. The van der Waals surface area contributed by atoms with Gasteiger partial charge in [0.2, 0.25) is 11.8 Å². The molecule has 8 nitrogen and oxygen atoms in total. The number of carbonyl (C=O) groups is 2. The minimum absolute atomic E-state index is 0.158. The number of pyridine rings is 1. The lowest BCUT2D eigenvalue weighted by Crippen LogP contribution is -2.20. The lowest BCUT2D eigenvalue weighted by Gasteiger charge is -2.16. The van der Waals surface area contributed by atoms with E-state index in [0.717, 1.165) is 18.9 Å². The van der Waals surface area contributed by atoms with E-state index in [9.17, 15) is 9.59 Å². The van der Waals surface area contributed by atoms with Gasteiger partial charge in [0.25, 0.3) is 0 Å². The highest BCUT2D eigenvalue weighted by atomic mass is 32.2. The summed E-state index contributed by atoms with van der Waals surface area (Å²) in [7, 11) is 0. The molecule has 9 heteroatoms. The average molecular weight is 375 g/mol. The van der Waals surface area contributed by atoms with Crippen LogP contribution < -0.4 is 15.5 Å². The Balaban J connectivity index is 1.37. The van der Waals surface area contributed by atoms with Crippen molar-refractivity contribution in [1.82, 2.24) is 10.1 Å².